The Bertz CT molecular complexity index is 385. The van der Waals surface area contributed by atoms with Gasteiger partial charge in [0.1, 0.15) is 18.0 Å². The standard InChI is InChI=1S/C15H23NO2/c1-5-16-13-9-14(15(13)17-4)18-12-7-10(2)6-11(3)8-12/h6-8,13-16H,5,9H2,1-4H3. The highest BCUT2D eigenvalue weighted by Gasteiger charge is 2.42. The third-order valence-corrected chi connectivity index (χ3v) is 3.47. The van der Waals surface area contributed by atoms with Crippen LogP contribution in [0.2, 0.25) is 0 Å². The number of nitrogens with one attached hydrogen (secondary N) is 1. The number of hydrogen-bond acceptors (Lipinski definition) is 3. The number of aryl methyl sites for hydroxylation is 2. The Hall–Kier alpha value is -1.06. The molecule has 0 radical (unpaired) electrons. The van der Waals surface area contributed by atoms with Gasteiger partial charge in [0, 0.05) is 19.6 Å². The highest BCUT2D eigenvalue weighted by atomic mass is 16.5. The van der Waals surface area contributed by atoms with E-state index < -0.39 is 0 Å². The van der Waals surface area contributed by atoms with Gasteiger partial charge in [-0.1, -0.05) is 13.0 Å². The number of rotatable bonds is 5. The maximum atomic E-state index is 6.03. The van der Waals surface area contributed by atoms with Gasteiger partial charge in [0.25, 0.3) is 0 Å². The second kappa shape index (κ2) is 5.72. The fourth-order valence-electron chi connectivity index (χ4n) is 2.65. The molecule has 1 aliphatic rings. The predicted octanol–water partition coefficient (Wildman–Crippen LogP) is 2.45. The van der Waals surface area contributed by atoms with Gasteiger partial charge in [0.05, 0.1) is 0 Å². The van der Waals surface area contributed by atoms with Crippen LogP contribution >= 0.6 is 0 Å². The van der Waals surface area contributed by atoms with Gasteiger partial charge >= 0.3 is 0 Å². The van der Waals surface area contributed by atoms with Crippen LogP contribution in [0, 0.1) is 13.8 Å². The molecule has 1 aromatic carbocycles. The molecule has 3 nitrogen and oxygen atoms in total. The van der Waals surface area contributed by atoms with E-state index in [4.69, 9.17) is 9.47 Å². The Morgan fingerprint density at radius 1 is 1.22 bits per heavy atom. The van der Waals surface area contributed by atoms with Gasteiger partial charge < -0.3 is 14.8 Å². The van der Waals surface area contributed by atoms with Gasteiger partial charge in [-0.15, -0.1) is 0 Å². The smallest absolute Gasteiger partial charge is 0.128 e. The molecule has 1 saturated carbocycles. The molecular weight excluding hydrogens is 226 g/mol. The Kier molecular flexibility index (Phi) is 4.25. The molecule has 3 unspecified atom stereocenters. The lowest BCUT2D eigenvalue weighted by atomic mass is 9.85. The first-order valence-corrected chi connectivity index (χ1v) is 6.65. The van der Waals surface area contributed by atoms with Crippen molar-refractivity contribution in [2.24, 2.45) is 0 Å². The lowest BCUT2D eigenvalue weighted by molar-refractivity contribution is -0.0884. The van der Waals surface area contributed by atoms with Gasteiger partial charge in [-0.25, -0.2) is 0 Å². The third kappa shape index (κ3) is 2.85. The summed E-state index contributed by atoms with van der Waals surface area (Å²) in [6, 6.07) is 6.75. The van der Waals surface area contributed by atoms with E-state index >= 15 is 0 Å². The molecule has 2 rings (SSSR count). The van der Waals surface area contributed by atoms with Crippen molar-refractivity contribution >= 4 is 0 Å². The van der Waals surface area contributed by atoms with Crippen molar-refractivity contribution in [3.05, 3.63) is 29.3 Å². The van der Waals surface area contributed by atoms with Crippen LogP contribution in [-0.4, -0.2) is 31.9 Å². The summed E-state index contributed by atoms with van der Waals surface area (Å²) in [7, 11) is 1.76. The zero-order valence-corrected chi connectivity index (χ0v) is 11.7. The minimum Gasteiger partial charge on any atom is -0.488 e. The molecule has 0 spiro atoms. The molecule has 1 aliphatic carbocycles. The fourth-order valence-corrected chi connectivity index (χ4v) is 2.65. The number of likely N-dealkylation sites (N-methyl/N-ethyl adjacent to an activating group) is 1. The van der Waals surface area contributed by atoms with Crippen LogP contribution in [0.5, 0.6) is 5.75 Å². The minimum absolute atomic E-state index is 0.158. The topological polar surface area (TPSA) is 30.5 Å². The summed E-state index contributed by atoms with van der Waals surface area (Å²) in [4.78, 5) is 0. The molecule has 100 valence electrons. The van der Waals surface area contributed by atoms with Crippen molar-refractivity contribution < 1.29 is 9.47 Å². The van der Waals surface area contributed by atoms with Crippen LogP contribution in [0.4, 0.5) is 0 Å². The van der Waals surface area contributed by atoms with Crippen molar-refractivity contribution in [3.63, 3.8) is 0 Å². The Balaban J connectivity index is 1.98. The van der Waals surface area contributed by atoms with Gasteiger partial charge in [0.2, 0.25) is 0 Å². The fraction of sp³-hybridized carbons (Fsp3) is 0.600. The van der Waals surface area contributed by atoms with Gasteiger partial charge in [-0.3, -0.25) is 0 Å². The summed E-state index contributed by atoms with van der Waals surface area (Å²) in [6.07, 6.45) is 1.34. The largest absolute Gasteiger partial charge is 0.488 e. The van der Waals surface area contributed by atoms with E-state index in [-0.39, 0.29) is 12.2 Å². The van der Waals surface area contributed by atoms with Crippen LogP contribution in [0.25, 0.3) is 0 Å². The zero-order valence-electron chi connectivity index (χ0n) is 11.7. The highest BCUT2D eigenvalue weighted by molar-refractivity contribution is 5.33. The summed E-state index contributed by atoms with van der Waals surface area (Å²) in [5.74, 6) is 0.953. The molecule has 18 heavy (non-hydrogen) atoms. The Labute approximate surface area is 109 Å². The second-order valence-electron chi connectivity index (χ2n) is 5.08. The monoisotopic (exact) mass is 249 g/mol. The lowest BCUT2D eigenvalue weighted by Crippen LogP contribution is -2.60. The molecule has 0 amide bonds. The average molecular weight is 249 g/mol. The van der Waals surface area contributed by atoms with E-state index in [2.05, 4.69) is 44.3 Å². The van der Waals surface area contributed by atoms with E-state index in [0.717, 1.165) is 18.7 Å². The molecule has 3 atom stereocenters. The minimum atomic E-state index is 0.158. The Morgan fingerprint density at radius 2 is 1.89 bits per heavy atom. The summed E-state index contributed by atoms with van der Waals surface area (Å²) in [5, 5.41) is 3.42. The average Bonchev–Trinajstić information content (AvgIpc) is 2.26. The van der Waals surface area contributed by atoms with E-state index in [1.54, 1.807) is 7.11 Å². The van der Waals surface area contributed by atoms with Crippen LogP contribution in [0.3, 0.4) is 0 Å². The maximum absolute atomic E-state index is 6.03. The number of hydrogen-bond donors (Lipinski definition) is 1. The van der Waals surface area contributed by atoms with Crippen LogP contribution in [0.1, 0.15) is 24.5 Å². The lowest BCUT2D eigenvalue weighted by Gasteiger charge is -2.43. The molecule has 3 heteroatoms. The van der Waals surface area contributed by atoms with Gasteiger partial charge in [-0.05, 0) is 43.7 Å². The highest BCUT2D eigenvalue weighted by Crippen LogP contribution is 2.29. The van der Waals surface area contributed by atoms with E-state index in [9.17, 15) is 0 Å². The predicted molar refractivity (Wildman–Crippen MR) is 73.2 cm³/mol. The van der Waals surface area contributed by atoms with Crippen molar-refractivity contribution in [2.45, 2.75) is 45.4 Å². The van der Waals surface area contributed by atoms with Crippen LogP contribution in [-0.2, 0) is 4.74 Å². The van der Waals surface area contributed by atoms with Gasteiger partial charge in [-0.2, -0.15) is 0 Å². The first-order chi connectivity index (χ1) is 8.63. The summed E-state index contributed by atoms with van der Waals surface area (Å²) in [5.41, 5.74) is 2.48. The third-order valence-electron chi connectivity index (χ3n) is 3.47. The number of methoxy groups -OCH3 is 1. The quantitative estimate of drug-likeness (QED) is 0.869. The SMILES string of the molecule is CCNC1CC(Oc2cc(C)cc(C)c2)C1OC. The summed E-state index contributed by atoms with van der Waals surface area (Å²) >= 11 is 0. The normalized spacial score (nSPS) is 26.8. The van der Waals surface area contributed by atoms with Crippen LogP contribution in [0.15, 0.2) is 18.2 Å². The van der Waals surface area contributed by atoms with Crippen molar-refractivity contribution in [1.82, 2.24) is 5.32 Å². The number of benzene rings is 1. The maximum Gasteiger partial charge on any atom is 0.128 e. The van der Waals surface area contributed by atoms with Crippen molar-refractivity contribution in [3.8, 4) is 5.75 Å². The Morgan fingerprint density at radius 3 is 2.44 bits per heavy atom. The first kappa shape index (κ1) is 13.4. The summed E-state index contributed by atoms with van der Waals surface area (Å²) in [6.45, 7) is 7.28. The molecule has 1 aromatic rings. The molecule has 1 N–H and O–H groups in total. The molecule has 0 aliphatic heterocycles. The van der Waals surface area contributed by atoms with E-state index in [0.29, 0.717) is 6.04 Å². The molecule has 0 saturated heterocycles. The summed E-state index contributed by atoms with van der Waals surface area (Å²) < 4.78 is 11.5. The van der Waals surface area contributed by atoms with Crippen LogP contribution < -0.4 is 10.1 Å². The number of ether oxygens (including phenoxy) is 2. The molecule has 0 bridgehead atoms. The molecule has 0 aromatic heterocycles. The zero-order chi connectivity index (χ0) is 13.1. The second-order valence-corrected chi connectivity index (χ2v) is 5.08. The van der Waals surface area contributed by atoms with E-state index in [1.165, 1.54) is 11.1 Å². The van der Waals surface area contributed by atoms with Gasteiger partial charge in [0.15, 0.2) is 0 Å². The first-order valence-electron chi connectivity index (χ1n) is 6.65. The van der Waals surface area contributed by atoms with Crippen molar-refractivity contribution in [2.75, 3.05) is 13.7 Å². The molecule has 0 heterocycles. The van der Waals surface area contributed by atoms with Crippen molar-refractivity contribution in [1.29, 1.82) is 0 Å². The molecule has 1 fully saturated rings. The van der Waals surface area contributed by atoms with E-state index in [1.807, 2.05) is 0 Å². The molecular formula is C15H23NO2.